The minimum atomic E-state index is -0.466. The van der Waals surface area contributed by atoms with Crippen LogP contribution in [-0.2, 0) is 11.3 Å². The topological polar surface area (TPSA) is 79.9 Å². The Labute approximate surface area is 209 Å². The average Bonchev–Trinajstić information content (AvgIpc) is 3.48. The third-order valence-electron chi connectivity index (χ3n) is 5.73. The molecule has 0 fully saturated rings. The van der Waals surface area contributed by atoms with Crippen LogP contribution in [0.5, 0.6) is 5.75 Å². The van der Waals surface area contributed by atoms with E-state index in [1.807, 2.05) is 36.5 Å². The van der Waals surface area contributed by atoms with Crippen molar-refractivity contribution in [3.05, 3.63) is 82.5 Å². The van der Waals surface area contributed by atoms with Crippen molar-refractivity contribution >= 4 is 39.4 Å². The van der Waals surface area contributed by atoms with Crippen LogP contribution in [0.2, 0.25) is 0 Å². The summed E-state index contributed by atoms with van der Waals surface area (Å²) in [5, 5.41) is 15.5. The SMILES string of the molecule is Cc1ccc(C(C)C)c(OCCCn2cc(/C=C(/C#N)C(=O)Nc3nccs3)c3ccccc32)c1. The molecular formula is C28H28N4O2S. The highest BCUT2D eigenvalue weighted by molar-refractivity contribution is 7.13. The number of anilines is 1. The lowest BCUT2D eigenvalue weighted by Gasteiger charge is -2.15. The van der Waals surface area contributed by atoms with Gasteiger partial charge in [-0.05, 0) is 48.6 Å². The fourth-order valence-electron chi connectivity index (χ4n) is 3.99. The van der Waals surface area contributed by atoms with Crippen molar-refractivity contribution in [3.8, 4) is 11.8 Å². The molecule has 2 aromatic heterocycles. The number of fused-ring (bicyclic) bond motifs is 1. The zero-order valence-electron chi connectivity index (χ0n) is 20.1. The number of thiazole rings is 1. The number of carbonyl (C=O) groups excluding carboxylic acids is 1. The molecule has 0 aliphatic carbocycles. The van der Waals surface area contributed by atoms with Crippen LogP contribution in [0.4, 0.5) is 5.13 Å². The van der Waals surface area contributed by atoms with E-state index in [9.17, 15) is 10.1 Å². The molecule has 0 aliphatic heterocycles. The summed E-state index contributed by atoms with van der Waals surface area (Å²) in [4.78, 5) is 16.6. The van der Waals surface area contributed by atoms with Crippen LogP contribution in [0, 0.1) is 18.3 Å². The predicted octanol–water partition coefficient (Wildman–Crippen LogP) is 6.54. The first-order valence-electron chi connectivity index (χ1n) is 11.6. The van der Waals surface area contributed by atoms with Crippen molar-refractivity contribution in [1.82, 2.24) is 9.55 Å². The van der Waals surface area contributed by atoms with Crippen molar-refractivity contribution in [1.29, 1.82) is 5.26 Å². The highest BCUT2D eigenvalue weighted by Crippen LogP contribution is 2.28. The fraction of sp³-hybridized carbons (Fsp3) is 0.250. The average molecular weight is 485 g/mol. The lowest BCUT2D eigenvalue weighted by atomic mass is 10.0. The number of hydrogen-bond acceptors (Lipinski definition) is 5. The van der Waals surface area contributed by atoms with Crippen molar-refractivity contribution in [2.75, 3.05) is 11.9 Å². The maximum absolute atomic E-state index is 12.6. The van der Waals surface area contributed by atoms with Crippen LogP contribution in [0.3, 0.4) is 0 Å². The van der Waals surface area contributed by atoms with Gasteiger partial charge in [-0.1, -0.05) is 44.2 Å². The zero-order valence-corrected chi connectivity index (χ0v) is 20.9. The molecule has 178 valence electrons. The van der Waals surface area contributed by atoms with E-state index in [2.05, 4.69) is 53.8 Å². The number of nitrogens with zero attached hydrogens (tertiary/aromatic N) is 3. The van der Waals surface area contributed by atoms with E-state index in [-0.39, 0.29) is 5.57 Å². The van der Waals surface area contributed by atoms with E-state index in [0.29, 0.717) is 17.7 Å². The van der Waals surface area contributed by atoms with E-state index in [1.165, 1.54) is 22.5 Å². The van der Waals surface area contributed by atoms with Gasteiger partial charge in [-0.2, -0.15) is 5.26 Å². The summed E-state index contributed by atoms with van der Waals surface area (Å²) in [5.41, 5.74) is 4.31. The number of aryl methyl sites for hydroxylation is 2. The number of nitrogens with one attached hydrogen (secondary N) is 1. The number of hydrogen-bond donors (Lipinski definition) is 1. The van der Waals surface area contributed by atoms with Gasteiger partial charge in [-0.25, -0.2) is 4.98 Å². The molecule has 0 unspecified atom stereocenters. The summed E-state index contributed by atoms with van der Waals surface area (Å²) in [6, 6.07) is 16.4. The molecule has 2 heterocycles. The van der Waals surface area contributed by atoms with Gasteiger partial charge >= 0.3 is 0 Å². The standard InChI is InChI=1S/C28H28N4O2S/c1-19(2)23-10-9-20(3)15-26(23)34-13-6-12-32-18-22(24-7-4-5-8-25(24)32)16-21(17-29)27(33)31-28-30-11-14-35-28/h4-5,7-11,14-16,18-19H,6,12-13H2,1-3H3,(H,30,31,33)/b21-16-. The number of amides is 1. The summed E-state index contributed by atoms with van der Waals surface area (Å²) in [6.45, 7) is 7.77. The summed E-state index contributed by atoms with van der Waals surface area (Å²) in [5.74, 6) is 0.883. The second-order valence-electron chi connectivity index (χ2n) is 8.65. The van der Waals surface area contributed by atoms with E-state index in [4.69, 9.17) is 4.74 Å². The van der Waals surface area contributed by atoms with E-state index in [1.54, 1.807) is 17.7 Å². The Morgan fingerprint density at radius 3 is 2.86 bits per heavy atom. The molecule has 0 saturated heterocycles. The third kappa shape index (κ3) is 5.79. The van der Waals surface area contributed by atoms with Crippen LogP contribution in [-0.4, -0.2) is 22.1 Å². The van der Waals surface area contributed by atoms with E-state index >= 15 is 0 Å². The van der Waals surface area contributed by atoms with Crippen LogP contribution in [0.1, 0.15) is 42.9 Å². The molecule has 0 aliphatic rings. The fourth-order valence-corrected chi connectivity index (χ4v) is 4.51. The number of ether oxygens (including phenoxy) is 1. The number of benzene rings is 2. The van der Waals surface area contributed by atoms with Crippen molar-refractivity contribution in [3.63, 3.8) is 0 Å². The Balaban J connectivity index is 1.49. The maximum Gasteiger partial charge on any atom is 0.268 e. The lowest BCUT2D eigenvalue weighted by Crippen LogP contribution is -2.13. The van der Waals surface area contributed by atoms with Gasteiger partial charge in [0.2, 0.25) is 0 Å². The first-order chi connectivity index (χ1) is 17.0. The Morgan fingerprint density at radius 1 is 1.29 bits per heavy atom. The van der Waals surface area contributed by atoms with Crippen LogP contribution in [0.25, 0.3) is 17.0 Å². The normalized spacial score (nSPS) is 11.6. The van der Waals surface area contributed by atoms with E-state index < -0.39 is 5.91 Å². The lowest BCUT2D eigenvalue weighted by molar-refractivity contribution is -0.112. The van der Waals surface area contributed by atoms with Crippen molar-refractivity contribution in [2.45, 2.75) is 39.7 Å². The third-order valence-corrected chi connectivity index (χ3v) is 6.42. The minimum absolute atomic E-state index is 0.0344. The highest BCUT2D eigenvalue weighted by atomic mass is 32.1. The first kappa shape index (κ1) is 24.2. The minimum Gasteiger partial charge on any atom is -0.493 e. The summed E-state index contributed by atoms with van der Waals surface area (Å²) in [6.07, 6.45) is 6.06. The molecule has 7 heteroatoms. The smallest absolute Gasteiger partial charge is 0.268 e. The molecule has 0 saturated carbocycles. The number of aromatic nitrogens is 2. The van der Waals surface area contributed by atoms with Crippen LogP contribution >= 0.6 is 11.3 Å². The largest absolute Gasteiger partial charge is 0.493 e. The van der Waals surface area contributed by atoms with Gasteiger partial charge in [0, 0.05) is 40.8 Å². The number of rotatable bonds is 9. The molecule has 6 nitrogen and oxygen atoms in total. The van der Waals surface area contributed by atoms with Gasteiger partial charge in [0.1, 0.15) is 17.4 Å². The number of para-hydroxylation sites is 1. The molecule has 0 atom stereocenters. The summed E-state index contributed by atoms with van der Waals surface area (Å²) >= 11 is 1.31. The molecule has 0 spiro atoms. The molecule has 35 heavy (non-hydrogen) atoms. The van der Waals surface area contributed by atoms with Gasteiger partial charge < -0.3 is 9.30 Å². The number of carbonyl (C=O) groups is 1. The van der Waals surface area contributed by atoms with Crippen LogP contribution in [0.15, 0.2) is 65.8 Å². The quantitative estimate of drug-likeness (QED) is 0.166. The Hall–Kier alpha value is -3.89. The molecule has 4 rings (SSSR count). The molecule has 1 N–H and O–H groups in total. The van der Waals surface area contributed by atoms with Crippen molar-refractivity contribution in [2.24, 2.45) is 0 Å². The molecule has 2 aromatic carbocycles. The van der Waals surface area contributed by atoms with Gasteiger partial charge in [-0.3, -0.25) is 10.1 Å². The Kier molecular flexibility index (Phi) is 7.64. The second-order valence-corrected chi connectivity index (χ2v) is 9.55. The Bertz CT molecular complexity index is 1390. The monoisotopic (exact) mass is 484 g/mol. The second kappa shape index (κ2) is 11.0. The molecule has 1 amide bonds. The van der Waals surface area contributed by atoms with Gasteiger partial charge in [-0.15, -0.1) is 11.3 Å². The van der Waals surface area contributed by atoms with Crippen LogP contribution < -0.4 is 10.1 Å². The van der Waals surface area contributed by atoms with Gasteiger partial charge in [0.05, 0.1) is 6.61 Å². The van der Waals surface area contributed by atoms with Gasteiger partial charge in [0.25, 0.3) is 5.91 Å². The van der Waals surface area contributed by atoms with E-state index in [0.717, 1.165) is 35.2 Å². The molecule has 0 bridgehead atoms. The zero-order chi connectivity index (χ0) is 24.8. The van der Waals surface area contributed by atoms with Crippen molar-refractivity contribution < 1.29 is 9.53 Å². The molecule has 4 aromatic rings. The number of nitriles is 1. The summed E-state index contributed by atoms with van der Waals surface area (Å²) < 4.78 is 8.31. The highest BCUT2D eigenvalue weighted by Gasteiger charge is 2.14. The predicted molar refractivity (Wildman–Crippen MR) is 142 cm³/mol. The Morgan fingerprint density at radius 2 is 2.11 bits per heavy atom. The first-order valence-corrected chi connectivity index (χ1v) is 12.5. The molecular weight excluding hydrogens is 456 g/mol. The maximum atomic E-state index is 12.6. The summed E-state index contributed by atoms with van der Waals surface area (Å²) in [7, 11) is 0. The van der Waals surface area contributed by atoms with Gasteiger partial charge in [0.15, 0.2) is 5.13 Å². The molecule has 0 radical (unpaired) electrons.